The van der Waals surface area contributed by atoms with E-state index in [2.05, 4.69) is 10.4 Å². The highest BCUT2D eigenvalue weighted by Crippen LogP contribution is 2.15. The molecule has 0 fully saturated rings. The van der Waals surface area contributed by atoms with Crippen LogP contribution in [-0.2, 0) is 0 Å². The second kappa shape index (κ2) is 8.05. The number of hydrogen-bond acceptors (Lipinski definition) is 4. The average molecular weight is 389 g/mol. The average Bonchev–Trinajstić information content (AvgIpc) is 2.69. The Labute approximate surface area is 156 Å². The predicted octanol–water partition coefficient (Wildman–Crippen LogP) is 2.11. The SMILES string of the molecule is O=C(NCC(O)c1ccc(F)c(F)c1)c1ccc(=O)n(-c2ccc(F)cc2)n1. The van der Waals surface area contributed by atoms with Crippen LogP contribution in [0.5, 0.6) is 0 Å². The van der Waals surface area contributed by atoms with E-state index in [4.69, 9.17) is 0 Å². The molecule has 1 heterocycles. The van der Waals surface area contributed by atoms with Crippen LogP contribution in [0, 0.1) is 17.5 Å². The van der Waals surface area contributed by atoms with Crippen LogP contribution in [-0.4, -0.2) is 27.3 Å². The summed E-state index contributed by atoms with van der Waals surface area (Å²) in [5, 5.41) is 16.3. The smallest absolute Gasteiger partial charge is 0.271 e. The van der Waals surface area contributed by atoms with E-state index >= 15 is 0 Å². The Morgan fingerprint density at radius 3 is 2.43 bits per heavy atom. The van der Waals surface area contributed by atoms with Crippen LogP contribution in [0.15, 0.2) is 59.4 Å². The highest BCUT2D eigenvalue weighted by Gasteiger charge is 2.15. The zero-order valence-electron chi connectivity index (χ0n) is 14.3. The van der Waals surface area contributed by atoms with Gasteiger partial charge in [-0.15, -0.1) is 0 Å². The summed E-state index contributed by atoms with van der Waals surface area (Å²) in [5.41, 5.74) is -0.294. The molecule has 6 nitrogen and oxygen atoms in total. The topological polar surface area (TPSA) is 84.2 Å². The number of aromatic nitrogens is 2. The predicted molar refractivity (Wildman–Crippen MR) is 93.4 cm³/mol. The van der Waals surface area contributed by atoms with Crippen molar-refractivity contribution in [1.29, 1.82) is 0 Å². The fourth-order valence-corrected chi connectivity index (χ4v) is 2.42. The molecule has 0 saturated heterocycles. The van der Waals surface area contributed by atoms with Crippen molar-refractivity contribution in [1.82, 2.24) is 15.1 Å². The third-order valence-electron chi connectivity index (χ3n) is 3.89. The number of carbonyl (C=O) groups excluding carboxylic acids is 1. The van der Waals surface area contributed by atoms with E-state index < -0.39 is 35.0 Å². The quantitative estimate of drug-likeness (QED) is 0.700. The first-order valence-electron chi connectivity index (χ1n) is 8.12. The highest BCUT2D eigenvalue weighted by molar-refractivity contribution is 5.92. The standard InChI is InChI=1S/C19H14F3N3O3/c20-12-2-4-13(5-3-12)25-18(27)8-7-16(24-25)19(28)23-10-17(26)11-1-6-14(21)15(22)9-11/h1-9,17,26H,10H2,(H,23,28). The summed E-state index contributed by atoms with van der Waals surface area (Å²) in [6, 6.07) is 10.2. The number of amides is 1. The van der Waals surface area contributed by atoms with Crippen LogP contribution in [0.1, 0.15) is 22.2 Å². The highest BCUT2D eigenvalue weighted by atomic mass is 19.2. The molecule has 0 aliphatic rings. The summed E-state index contributed by atoms with van der Waals surface area (Å²) in [6.07, 6.45) is -1.28. The van der Waals surface area contributed by atoms with Gasteiger partial charge in [-0.3, -0.25) is 9.59 Å². The van der Waals surface area contributed by atoms with E-state index in [1.807, 2.05) is 0 Å². The maximum absolute atomic E-state index is 13.2. The molecule has 0 bridgehead atoms. The van der Waals surface area contributed by atoms with Gasteiger partial charge in [0, 0.05) is 12.6 Å². The summed E-state index contributed by atoms with van der Waals surface area (Å²) < 4.78 is 40.1. The van der Waals surface area contributed by atoms with Crippen molar-refractivity contribution in [2.75, 3.05) is 6.54 Å². The van der Waals surface area contributed by atoms with Crippen LogP contribution >= 0.6 is 0 Å². The first-order chi connectivity index (χ1) is 13.3. The lowest BCUT2D eigenvalue weighted by Gasteiger charge is -2.13. The van der Waals surface area contributed by atoms with Gasteiger partial charge in [-0.2, -0.15) is 9.78 Å². The first-order valence-corrected chi connectivity index (χ1v) is 8.12. The Kier molecular flexibility index (Phi) is 5.55. The van der Waals surface area contributed by atoms with E-state index in [-0.39, 0.29) is 23.5 Å². The summed E-state index contributed by atoms with van der Waals surface area (Å²) in [6.45, 7) is -0.290. The summed E-state index contributed by atoms with van der Waals surface area (Å²) in [7, 11) is 0. The van der Waals surface area contributed by atoms with Gasteiger partial charge < -0.3 is 10.4 Å². The third-order valence-corrected chi connectivity index (χ3v) is 3.89. The molecule has 2 aromatic carbocycles. The van der Waals surface area contributed by atoms with Crippen molar-refractivity contribution < 1.29 is 23.1 Å². The lowest BCUT2D eigenvalue weighted by Crippen LogP contribution is -2.31. The molecule has 0 aliphatic carbocycles. The van der Waals surface area contributed by atoms with Gasteiger partial charge in [0.25, 0.3) is 11.5 Å². The van der Waals surface area contributed by atoms with Crippen molar-refractivity contribution in [3.63, 3.8) is 0 Å². The summed E-state index contributed by atoms with van der Waals surface area (Å²) in [4.78, 5) is 24.2. The van der Waals surface area contributed by atoms with Crippen molar-refractivity contribution in [3.05, 3.63) is 93.7 Å². The molecule has 0 aliphatic heterocycles. The number of nitrogens with one attached hydrogen (secondary N) is 1. The van der Waals surface area contributed by atoms with E-state index in [0.717, 1.165) is 35.0 Å². The second-order valence-electron chi connectivity index (χ2n) is 5.84. The van der Waals surface area contributed by atoms with Crippen molar-refractivity contribution >= 4 is 5.91 Å². The molecule has 0 radical (unpaired) electrons. The molecule has 1 amide bonds. The van der Waals surface area contributed by atoms with Gasteiger partial charge >= 0.3 is 0 Å². The number of carbonyl (C=O) groups is 1. The van der Waals surface area contributed by atoms with Crippen molar-refractivity contribution in [3.8, 4) is 5.69 Å². The van der Waals surface area contributed by atoms with Gasteiger partial charge in [-0.25, -0.2) is 13.2 Å². The normalized spacial score (nSPS) is 11.9. The minimum atomic E-state index is -1.28. The maximum Gasteiger partial charge on any atom is 0.271 e. The van der Waals surface area contributed by atoms with Crippen molar-refractivity contribution in [2.45, 2.75) is 6.10 Å². The number of halogens is 3. The van der Waals surface area contributed by atoms with Crippen LogP contribution in [0.25, 0.3) is 5.69 Å². The Balaban J connectivity index is 1.74. The number of rotatable bonds is 5. The zero-order valence-corrected chi connectivity index (χ0v) is 14.3. The molecule has 1 unspecified atom stereocenters. The molecular weight excluding hydrogens is 375 g/mol. The Bertz CT molecular complexity index is 1070. The van der Waals surface area contributed by atoms with Gasteiger partial charge in [0.1, 0.15) is 11.5 Å². The summed E-state index contributed by atoms with van der Waals surface area (Å²) in [5.74, 6) is -3.35. The number of benzene rings is 2. The molecule has 0 spiro atoms. The van der Waals surface area contributed by atoms with Crippen LogP contribution in [0.3, 0.4) is 0 Å². The zero-order chi connectivity index (χ0) is 20.3. The maximum atomic E-state index is 13.2. The molecule has 1 aromatic heterocycles. The number of nitrogens with zero attached hydrogens (tertiary/aromatic N) is 2. The van der Waals surface area contributed by atoms with Gasteiger partial charge in [-0.1, -0.05) is 6.07 Å². The molecule has 144 valence electrons. The minimum Gasteiger partial charge on any atom is -0.387 e. The van der Waals surface area contributed by atoms with Gasteiger partial charge in [-0.05, 0) is 48.0 Å². The van der Waals surface area contributed by atoms with Gasteiger partial charge in [0.05, 0.1) is 11.8 Å². The Morgan fingerprint density at radius 1 is 1.04 bits per heavy atom. The Morgan fingerprint density at radius 2 is 1.75 bits per heavy atom. The summed E-state index contributed by atoms with van der Waals surface area (Å²) >= 11 is 0. The number of aliphatic hydroxyl groups is 1. The molecule has 3 aromatic rings. The van der Waals surface area contributed by atoms with E-state index in [0.29, 0.717) is 0 Å². The lowest BCUT2D eigenvalue weighted by atomic mass is 10.1. The molecule has 0 saturated carbocycles. The molecule has 28 heavy (non-hydrogen) atoms. The molecular formula is C19H14F3N3O3. The van der Waals surface area contributed by atoms with Gasteiger partial charge in [0.15, 0.2) is 11.6 Å². The number of aliphatic hydroxyl groups excluding tert-OH is 1. The number of hydrogen-bond donors (Lipinski definition) is 2. The van der Waals surface area contributed by atoms with Crippen LogP contribution < -0.4 is 10.9 Å². The van der Waals surface area contributed by atoms with Gasteiger partial charge in [0.2, 0.25) is 0 Å². The van der Waals surface area contributed by atoms with Crippen molar-refractivity contribution in [2.24, 2.45) is 0 Å². The Hall–Kier alpha value is -3.46. The second-order valence-corrected chi connectivity index (χ2v) is 5.84. The monoisotopic (exact) mass is 389 g/mol. The fourth-order valence-electron chi connectivity index (χ4n) is 2.42. The lowest BCUT2D eigenvalue weighted by molar-refractivity contribution is 0.0909. The minimum absolute atomic E-state index is 0.0865. The molecule has 2 N–H and O–H groups in total. The molecule has 1 atom stereocenters. The molecule has 3 rings (SSSR count). The first kappa shape index (κ1) is 19.3. The van der Waals surface area contributed by atoms with E-state index in [1.165, 1.54) is 24.3 Å². The third kappa shape index (κ3) is 4.26. The van der Waals surface area contributed by atoms with Crippen LogP contribution in [0.4, 0.5) is 13.2 Å². The largest absolute Gasteiger partial charge is 0.387 e. The van der Waals surface area contributed by atoms with E-state index in [1.54, 1.807) is 0 Å². The fraction of sp³-hybridized carbons (Fsp3) is 0.105. The molecule has 9 heteroatoms. The van der Waals surface area contributed by atoms with E-state index in [9.17, 15) is 27.9 Å². The van der Waals surface area contributed by atoms with Crippen LogP contribution in [0.2, 0.25) is 0 Å².